The minimum Gasteiger partial charge on any atom is -0.491 e. The lowest BCUT2D eigenvalue weighted by Crippen LogP contribution is -2.08. The summed E-state index contributed by atoms with van der Waals surface area (Å²) in [5, 5.41) is 0. The van der Waals surface area contributed by atoms with Crippen LogP contribution in [0.15, 0.2) is 48.5 Å². The lowest BCUT2D eigenvalue weighted by molar-refractivity contribution is 0.0897. The van der Waals surface area contributed by atoms with Crippen molar-refractivity contribution in [1.29, 1.82) is 0 Å². The number of nitrogen functional groups attached to an aromatic ring is 1. The van der Waals surface area contributed by atoms with Crippen LogP contribution < -0.4 is 10.5 Å². The molecule has 0 heterocycles. The highest BCUT2D eigenvalue weighted by atomic mass is 19.1. The number of anilines is 1. The Bertz CT molecular complexity index is 627. The number of hydrogen-bond acceptors (Lipinski definition) is 3. The Morgan fingerprint density at radius 3 is 2.00 bits per heavy atom. The molecule has 22 heavy (non-hydrogen) atoms. The van der Waals surface area contributed by atoms with Gasteiger partial charge in [0.05, 0.1) is 13.2 Å². The van der Waals surface area contributed by atoms with Crippen LogP contribution in [0.2, 0.25) is 0 Å². The van der Waals surface area contributed by atoms with Crippen LogP contribution >= 0.6 is 0 Å². The molecule has 114 valence electrons. The summed E-state index contributed by atoms with van der Waals surface area (Å²) in [4.78, 5) is 0. The molecule has 2 N–H and O–H groups in total. The summed E-state index contributed by atoms with van der Waals surface area (Å²) < 4.78 is 22.3. The second kappa shape index (κ2) is 8.71. The van der Waals surface area contributed by atoms with Crippen molar-refractivity contribution in [1.82, 2.24) is 0 Å². The van der Waals surface area contributed by atoms with Gasteiger partial charge < -0.3 is 15.2 Å². The Balaban J connectivity index is 1.85. The van der Waals surface area contributed by atoms with Crippen LogP contribution in [0.4, 0.5) is 10.1 Å². The van der Waals surface area contributed by atoms with E-state index in [1.54, 1.807) is 0 Å². The molecular weight excluding hydrogens is 281 g/mol. The van der Waals surface area contributed by atoms with E-state index in [2.05, 4.69) is 11.8 Å². The van der Waals surface area contributed by atoms with Crippen LogP contribution in [0, 0.1) is 11.8 Å². The fraction of sp³-hybridized carbons (Fsp3) is 0.222. The van der Waals surface area contributed by atoms with Crippen molar-refractivity contribution in [3.05, 3.63) is 59.7 Å². The lowest BCUT2D eigenvalue weighted by atomic mass is 10.1. The molecule has 2 aromatic carbocycles. The van der Waals surface area contributed by atoms with Gasteiger partial charge >= 0.3 is 0 Å². The van der Waals surface area contributed by atoms with E-state index in [4.69, 9.17) is 15.2 Å². The summed E-state index contributed by atoms with van der Waals surface area (Å²) in [7, 11) is 0. The minimum absolute atomic E-state index is 0.114. The van der Waals surface area contributed by atoms with Gasteiger partial charge in [0.15, 0.2) is 0 Å². The molecule has 0 fully saturated rings. The first kappa shape index (κ1) is 15.9. The SMILES string of the molecule is Nc1ccc(C#Cc2ccc(OCCOCCF)cc2)cc1. The number of nitrogens with two attached hydrogens (primary N) is 1. The number of benzene rings is 2. The van der Waals surface area contributed by atoms with E-state index in [0.29, 0.717) is 13.2 Å². The van der Waals surface area contributed by atoms with Crippen LogP contribution in [-0.4, -0.2) is 26.5 Å². The molecule has 0 spiro atoms. The van der Waals surface area contributed by atoms with E-state index in [0.717, 1.165) is 22.6 Å². The number of rotatable bonds is 6. The van der Waals surface area contributed by atoms with Gasteiger partial charge in [-0.25, -0.2) is 4.39 Å². The normalized spacial score (nSPS) is 9.86. The Labute approximate surface area is 129 Å². The van der Waals surface area contributed by atoms with Gasteiger partial charge in [0.1, 0.15) is 19.0 Å². The van der Waals surface area contributed by atoms with Crippen molar-refractivity contribution in [2.45, 2.75) is 0 Å². The second-order valence-electron chi connectivity index (χ2n) is 4.55. The van der Waals surface area contributed by atoms with Gasteiger partial charge in [-0.1, -0.05) is 11.8 Å². The third kappa shape index (κ3) is 5.47. The minimum atomic E-state index is -0.471. The first-order valence-electron chi connectivity index (χ1n) is 7.02. The van der Waals surface area contributed by atoms with Crippen molar-refractivity contribution >= 4 is 5.69 Å². The highest BCUT2D eigenvalue weighted by Crippen LogP contribution is 2.11. The molecule has 4 heteroatoms. The molecule has 0 atom stereocenters. The molecule has 2 rings (SSSR count). The average Bonchev–Trinajstić information content (AvgIpc) is 2.55. The molecule has 0 radical (unpaired) electrons. The zero-order chi connectivity index (χ0) is 15.6. The molecule has 0 amide bonds. The van der Waals surface area contributed by atoms with E-state index in [-0.39, 0.29) is 6.61 Å². The van der Waals surface area contributed by atoms with Crippen LogP contribution in [-0.2, 0) is 4.74 Å². The number of alkyl halides is 1. The molecule has 0 aromatic heterocycles. The summed E-state index contributed by atoms with van der Waals surface area (Å²) in [6.07, 6.45) is 0. The van der Waals surface area contributed by atoms with Crippen molar-refractivity contribution in [3.63, 3.8) is 0 Å². The summed E-state index contributed by atoms with van der Waals surface area (Å²) >= 11 is 0. The van der Waals surface area contributed by atoms with Gasteiger partial charge in [-0.15, -0.1) is 0 Å². The molecule has 0 aliphatic rings. The standard InChI is InChI=1S/C18H18FNO2/c19-11-12-21-13-14-22-18-9-5-16(6-10-18)2-1-15-3-7-17(20)8-4-15/h3-10H,11-14,20H2. The fourth-order valence-electron chi connectivity index (χ4n) is 1.72. The highest BCUT2D eigenvalue weighted by molar-refractivity contribution is 5.48. The van der Waals surface area contributed by atoms with Crippen LogP contribution in [0.25, 0.3) is 0 Å². The second-order valence-corrected chi connectivity index (χ2v) is 4.55. The topological polar surface area (TPSA) is 44.5 Å². The van der Waals surface area contributed by atoms with E-state index >= 15 is 0 Å². The Hall–Kier alpha value is -2.51. The molecule has 0 aliphatic carbocycles. The van der Waals surface area contributed by atoms with Crippen LogP contribution in [0.1, 0.15) is 11.1 Å². The maximum Gasteiger partial charge on any atom is 0.119 e. The van der Waals surface area contributed by atoms with Crippen molar-refractivity contribution in [2.75, 3.05) is 32.2 Å². The van der Waals surface area contributed by atoms with Crippen LogP contribution in [0.3, 0.4) is 0 Å². The van der Waals surface area contributed by atoms with Gasteiger partial charge in [0.25, 0.3) is 0 Å². The average molecular weight is 299 g/mol. The van der Waals surface area contributed by atoms with Gasteiger partial charge in [0.2, 0.25) is 0 Å². The van der Waals surface area contributed by atoms with E-state index in [1.165, 1.54) is 0 Å². The summed E-state index contributed by atoms with van der Waals surface area (Å²) in [6, 6.07) is 14.9. The number of halogens is 1. The molecular formula is C18H18FNO2. The van der Waals surface area contributed by atoms with Gasteiger partial charge in [-0.05, 0) is 48.5 Å². The van der Waals surface area contributed by atoms with Gasteiger partial charge in [0, 0.05) is 16.8 Å². The molecule has 0 bridgehead atoms. The first-order chi connectivity index (χ1) is 10.8. The summed E-state index contributed by atoms with van der Waals surface area (Å²) in [6.45, 7) is 0.420. The van der Waals surface area contributed by atoms with E-state index < -0.39 is 6.67 Å². The van der Waals surface area contributed by atoms with E-state index in [9.17, 15) is 4.39 Å². The maximum atomic E-state index is 11.8. The Morgan fingerprint density at radius 2 is 1.41 bits per heavy atom. The maximum absolute atomic E-state index is 11.8. The Morgan fingerprint density at radius 1 is 0.818 bits per heavy atom. The molecule has 0 saturated carbocycles. The molecule has 0 aliphatic heterocycles. The van der Waals surface area contributed by atoms with Crippen LogP contribution in [0.5, 0.6) is 5.75 Å². The summed E-state index contributed by atoms with van der Waals surface area (Å²) in [5.41, 5.74) is 8.17. The first-order valence-corrected chi connectivity index (χ1v) is 7.02. The highest BCUT2D eigenvalue weighted by Gasteiger charge is 1.94. The predicted molar refractivity (Wildman–Crippen MR) is 85.6 cm³/mol. The molecule has 2 aromatic rings. The lowest BCUT2D eigenvalue weighted by Gasteiger charge is -2.06. The third-order valence-electron chi connectivity index (χ3n) is 2.83. The quantitative estimate of drug-likeness (QED) is 0.506. The largest absolute Gasteiger partial charge is 0.491 e. The zero-order valence-corrected chi connectivity index (χ0v) is 12.2. The van der Waals surface area contributed by atoms with Crippen molar-refractivity contribution < 1.29 is 13.9 Å². The monoisotopic (exact) mass is 299 g/mol. The summed E-state index contributed by atoms with van der Waals surface area (Å²) in [5.74, 6) is 6.89. The number of ether oxygens (including phenoxy) is 2. The fourth-order valence-corrected chi connectivity index (χ4v) is 1.72. The third-order valence-corrected chi connectivity index (χ3v) is 2.83. The van der Waals surface area contributed by atoms with Gasteiger partial charge in [-0.3, -0.25) is 0 Å². The number of hydrogen-bond donors (Lipinski definition) is 1. The van der Waals surface area contributed by atoms with Crippen molar-refractivity contribution in [2.24, 2.45) is 0 Å². The molecule has 0 saturated heterocycles. The Kier molecular flexibility index (Phi) is 6.28. The molecule has 0 unspecified atom stereocenters. The predicted octanol–water partition coefficient (Wildman–Crippen LogP) is 3.03. The van der Waals surface area contributed by atoms with Gasteiger partial charge in [-0.2, -0.15) is 0 Å². The molecule has 3 nitrogen and oxygen atoms in total. The smallest absolute Gasteiger partial charge is 0.119 e. The van der Waals surface area contributed by atoms with E-state index in [1.807, 2.05) is 48.5 Å². The zero-order valence-electron chi connectivity index (χ0n) is 12.2. The van der Waals surface area contributed by atoms with Crippen molar-refractivity contribution in [3.8, 4) is 17.6 Å².